The third-order valence-electron chi connectivity index (χ3n) is 5.33. The molecule has 1 aliphatic rings. The number of aromatic nitrogens is 1. The Morgan fingerprint density at radius 1 is 1.30 bits per heavy atom. The Morgan fingerprint density at radius 2 is 2.10 bits per heavy atom. The fourth-order valence-corrected chi connectivity index (χ4v) is 3.65. The highest BCUT2D eigenvalue weighted by Gasteiger charge is 2.24. The number of carbonyl (C=O) groups excluding carboxylic acids is 2. The number of hydrogen-bond acceptors (Lipinski definition) is 5. The van der Waals surface area contributed by atoms with Crippen LogP contribution in [0.5, 0.6) is 5.75 Å². The molecule has 0 aliphatic carbocycles. The number of ether oxygens (including phenoxy) is 1. The normalized spacial score (nSPS) is 16.4. The second-order valence-electron chi connectivity index (χ2n) is 8.13. The predicted molar refractivity (Wildman–Crippen MR) is 118 cm³/mol. The summed E-state index contributed by atoms with van der Waals surface area (Å²) in [5, 5.41) is 2.81. The number of amides is 2. The number of rotatable bonds is 7. The van der Waals surface area contributed by atoms with E-state index in [1.54, 1.807) is 12.3 Å². The average Bonchev–Trinajstić information content (AvgIpc) is 2.72. The number of hydrogen-bond donors (Lipinski definition) is 2. The van der Waals surface area contributed by atoms with Gasteiger partial charge in [0.25, 0.3) is 5.91 Å². The summed E-state index contributed by atoms with van der Waals surface area (Å²) in [6.07, 6.45) is 3.34. The molecule has 3 rings (SSSR count). The van der Waals surface area contributed by atoms with Gasteiger partial charge in [0.15, 0.2) is 6.61 Å². The van der Waals surface area contributed by atoms with E-state index >= 15 is 0 Å². The van der Waals surface area contributed by atoms with Crippen molar-refractivity contribution in [1.82, 2.24) is 4.98 Å². The Kier molecular flexibility index (Phi) is 6.92. The van der Waals surface area contributed by atoms with Crippen molar-refractivity contribution in [1.29, 1.82) is 0 Å². The van der Waals surface area contributed by atoms with Crippen molar-refractivity contribution in [2.75, 3.05) is 29.9 Å². The third-order valence-corrected chi connectivity index (χ3v) is 5.33. The topological polar surface area (TPSA) is 97.5 Å². The van der Waals surface area contributed by atoms with Gasteiger partial charge in [-0.25, -0.2) is 4.98 Å². The van der Waals surface area contributed by atoms with E-state index in [1.165, 1.54) is 0 Å². The van der Waals surface area contributed by atoms with Crippen molar-refractivity contribution in [3.8, 4) is 5.75 Å². The molecule has 30 heavy (non-hydrogen) atoms. The zero-order chi connectivity index (χ0) is 21.7. The van der Waals surface area contributed by atoms with Gasteiger partial charge in [0.1, 0.15) is 11.6 Å². The first-order valence-electron chi connectivity index (χ1n) is 10.4. The molecule has 1 atom stereocenters. The number of nitrogens with one attached hydrogen (secondary N) is 1. The lowest BCUT2D eigenvalue weighted by molar-refractivity contribution is -0.122. The lowest BCUT2D eigenvalue weighted by Crippen LogP contribution is -2.41. The maximum Gasteiger partial charge on any atom is 0.262 e. The van der Waals surface area contributed by atoms with Gasteiger partial charge in [-0.15, -0.1) is 0 Å². The number of aryl methyl sites for hydroxylation is 1. The van der Waals surface area contributed by atoms with Gasteiger partial charge in [0.2, 0.25) is 5.91 Å². The molecule has 7 nitrogen and oxygen atoms in total. The number of nitrogens with zero attached hydrogens (tertiary/aromatic N) is 2. The summed E-state index contributed by atoms with van der Waals surface area (Å²) < 4.78 is 5.78. The monoisotopic (exact) mass is 410 g/mol. The molecule has 1 aliphatic heterocycles. The SMILES string of the molecule is Cc1ccc(C(C)C)c(OCC(=O)Nc2ccc(N3CCCC(C(N)=O)C3)nc2)c1. The van der Waals surface area contributed by atoms with Crippen LogP contribution >= 0.6 is 0 Å². The largest absolute Gasteiger partial charge is 0.483 e. The van der Waals surface area contributed by atoms with Crippen LogP contribution in [0.15, 0.2) is 36.5 Å². The summed E-state index contributed by atoms with van der Waals surface area (Å²) in [6, 6.07) is 9.69. The highest BCUT2D eigenvalue weighted by Crippen LogP contribution is 2.27. The fourth-order valence-electron chi connectivity index (χ4n) is 3.65. The number of carbonyl (C=O) groups is 2. The predicted octanol–water partition coefficient (Wildman–Crippen LogP) is 3.23. The summed E-state index contributed by atoms with van der Waals surface area (Å²) in [4.78, 5) is 30.3. The zero-order valence-electron chi connectivity index (χ0n) is 17.9. The highest BCUT2D eigenvalue weighted by molar-refractivity contribution is 5.91. The van der Waals surface area contributed by atoms with Crippen LogP contribution in [0.25, 0.3) is 0 Å². The molecule has 1 aromatic heterocycles. The third kappa shape index (κ3) is 5.49. The Morgan fingerprint density at radius 3 is 2.77 bits per heavy atom. The van der Waals surface area contributed by atoms with Crippen molar-refractivity contribution >= 4 is 23.3 Å². The Bertz CT molecular complexity index is 896. The average molecular weight is 411 g/mol. The molecule has 0 saturated carbocycles. The van der Waals surface area contributed by atoms with E-state index in [0.717, 1.165) is 42.1 Å². The van der Waals surface area contributed by atoms with E-state index in [9.17, 15) is 9.59 Å². The van der Waals surface area contributed by atoms with Gasteiger partial charge in [0.05, 0.1) is 17.8 Å². The van der Waals surface area contributed by atoms with Gasteiger partial charge < -0.3 is 20.7 Å². The highest BCUT2D eigenvalue weighted by atomic mass is 16.5. The fraction of sp³-hybridized carbons (Fsp3) is 0.435. The molecular formula is C23H30N4O3. The number of anilines is 2. The van der Waals surface area contributed by atoms with Crippen LogP contribution in [0.4, 0.5) is 11.5 Å². The Labute approximate surface area is 177 Å². The summed E-state index contributed by atoms with van der Waals surface area (Å²) in [5.74, 6) is 1.17. The minimum atomic E-state index is -0.266. The standard InChI is InChI=1S/C23H30N4O3/c1-15(2)19-8-6-16(3)11-20(19)30-14-22(28)26-18-7-9-21(25-12-18)27-10-4-5-17(13-27)23(24)29/h6-9,11-12,15,17H,4-5,10,13-14H2,1-3H3,(H2,24,29)(H,26,28). The maximum absolute atomic E-state index is 12.3. The molecule has 7 heteroatoms. The Balaban J connectivity index is 1.56. The smallest absolute Gasteiger partial charge is 0.262 e. The van der Waals surface area contributed by atoms with Gasteiger partial charge in [-0.2, -0.15) is 0 Å². The van der Waals surface area contributed by atoms with Gasteiger partial charge in [-0.3, -0.25) is 9.59 Å². The van der Waals surface area contributed by atoms with Gasteiger partial charge in [0, 0.05) is 13.1 Å². The van der Waals surface area contributed by atoms with Crippen LogP contribution < -0.4 is 20.7 Å². The first-order chi connectivity index (χ1) is 14.3. The van der Waals surface area contributed by atoms with E-state index in [4.69, 9.17) is 10.5 Å². The molecule has 0 spiro atoms. The summed E-state index contributed by atoms with van der Waals surface area (Å²) >= 11 is 0. The molecule has 1 saturated heterocycles. The minimum absolute atomic E-state index is 0.0721. The molecule has 1 fully saturated rings. The van der Waals surface area contributed by atoms with Crippen LogP contribution in [0.1, 0.15) is 43.7 Å². The number of nitrogens with two attached hydrogens (primary N) is 1. The van der Waals surface area contributed by atoms with Crippen molar-refractivity contribution in [2.45, 2.75) is 39.5 Å². The number of primary amides is 1. The number of piperidine rings is 1. The van der Waals surface area contributed by atoms with E-state index in [2.05, 4.69) is 29.0 Å². The first-order valence-corrected chi connectivity index (χ1v) is 10.4. The van der Waals surface area contributed by atoms with Gasteiger partial charge in [-0.1, -0.05) is 26.0 Å². The van der Waals surface area contributed by atoms with Crippen molar-refractivity contribution in [3.63, 3.8) is 0 Å². The van der Waals surface area contributed by atoms with Crippen LogP contribution in [0, 0.1) is 12.8 Å². The van der Waals surface area contributed by atoms with Crippen LogP contribution in [0.2, 0.25) is 0 Å². The molecule has 1 aromatic carbocycles. The summed E-state index contributed by atoms with van der Waals surface area (Å²) in [7, 11) is 0. The second kappa shape index (κ2) is 9.61. The van der Waals surface area contributed by atoms with Crippen LogP contribution in [-0.4, -0.2) is 36.5 Å². The molecule has 2 heterocycles. The molecule has 0 bridgehead atoms. The first kappa shape index (κ1) is 21.6. The van der Waals surface area contributed by atoms with E-state index < -0.39 is 0 Å². The maximum atomic E-state index is 12.3. The second-order valence-corrected chi connectivity index (χ2v) is 8.13. The van der Waals surface area contributed by atoms with E-state index in [-0.39, 0.29) is 24.3 Å². The minimum Gasteiger partial charge on any atom is -0.483 e. The Hall–Kier alpha value is -3.09. The zero-order valence-corrected chi connectivity index (χ0v) is 17.9. The number of pyridine rings is 1. The van der Waals surface area contributed by atoms with Crippen LogP contribution in [-0.2, 0) is 9.59 Å². The van der Waals surface area contributed by atoms with Gasteiger partial charge in [-0.05, 0) is 55.0 Å². The molecule has 3 N–H and O–H groups in total. The molecular weight excluding hydrogens is 380 g/mol. The molecule has 2 aromatic rings. The molecule has 160 valence electrons. The molecule has 0 radical (unpaired) electrons. The van der Waals surface area contributed by atoms with Crippen molar-refractivity contribution in [2.24, 2.45) is 11.7 Å². The van der Waals surface area contributed by atoms with Crippen molar-refractivity contribution < 1.29 is 14.3 Å². The lowest BCUT2D eigenvalue weighted by Gasteiger charge is -2.32. The molecule has 1 unspecified atom stereocenters. The molecule has 2 amide bonds. The van der Waals surface area contributed by atoms with Gasteiger partial charge >= 0.3 is 0 Å². The van der Waals surface area contributed by atoms with Crippen molar-refractivity contribution in [3.05, 3.63) is 47.7 Å². The quantitative estimate of drug-likeness (QED) is 0.730. The van der Waals surface area contributed by atoms with E-state index in [0.29, 0.717) is 18.2 Å². The van der Waals surface area contributed by atoms with E-state index in [1.807, 2.05) is 31.2 Å². The number of benzene rings is 1. The van der Waals surface area contributed by atoms with Crippen LogP contribution in [0.3, 0.4) is 0 Å². The summed E-state index contributed by atoms with van der Waals surface area (Å²) in [6.45, 7) is 7.54. The lowest BCUT2D eigenvalue weighted by atomic mass is 9.97. The summed E-state index contributed by atoms with van der Waals surface area (Å²) in [5.41, 5.74) is 8.21.